The number of aliphatic carboxylic acids is 1. The third kappa shape index (κ3) is 6.00. The first kappa shape index (κ1) is 28.4. The van der Waals surface area contributed by atoms with Gasteiger partial charge in [0.05, 0.1) is 30.2 Å². The van der Waals surface area contributed by atoms with E-state index in [4.69, 9.17) is 26.8 Å². The molecule has 1 aromatic heterocycles. The van der Waals surface area contributed by atoms with Crippen molar-refractivity contribution in [3.63, 3.8) is 0 Å². The summed E-state index contributed by atoms with van der Waals surface area (Å²) in [4.78, 5) is 31.8. The van der Waals surface area contributed by atoms with E-state index in [0.29, 0.717) is 6.54 Å². The molecule has 3 atom stereocenters. The van der Waals surface area contributed by atoms with Crippen LogP contribution in [0.1, 0.15) is 74.6 Å². The Bertz CT molecular complexity index is 1030. The van der Waals surface area contributed by atoms with Crippen LogP contribution in [0.3, 0.4) is 0 Å². The van der Waals surface area contributed by atoms with Gasteiger partial charge in [0, 0.05) is 20.2 Å². The summed E-state index contributed by atoms with van der Waals surface area (Å²) in [6.07, 6.45) is 10.7. The van der Waals surface area contributed by atoms with Gasteiger partial charge in [0.2, 0.25) is 5.88 Å². The van der Waals surface area contributed by atoms with Crippen molar-refractivity contribution in [3.05, 3.63) is 16.7 Å². The van der Waals surface area contributed by atoms with Crippen LogP contribution in [0.4, 0.5) is 5.82 Å². The number of hydrogen-bond donors (Lipinski definition) is 3. The minimum Gasteiger partial charge on any atom is -0.481 e. The number of halogens is 1. The van der Waals surface area contributed by atoms with E-state index in [1.165, 1.54) is 32.4 Å². The van der Waals surface area contributed by atoms with Gasteiger partial charge in [-0.2, -0.15) is 4.98 Å². The molecule has 216 valence electrons. The molecule has 0 aromatic carbocycles. The van der Waals surface area contributed by atoms with Gasteiger partial charge in [0.1, 0.15) is 11.4 Å². The van der Waals surface area contributed by atoms with Crippen LogP contribution in [0.25, 0.3) is 0 Å². The molecule has 0 spiro atoms. The molecule has 1 aromatic rings. The monoisotopic (exact) mass is 562 g/mol. The van der Waals surface area contributed by atoms with Crippen molar-refractivity contribution in [2.45, 2.75) is 76.4 Å². The van der Waals surface area contributed by atoms with Gasteiger partial charge in [-0.3, -0.25) is 9.59 Å². The zero-order valence-electron chi connectivity index (χ0n) is 23.2. The molecule has 0 radical (unpaired) electrons. The predicted molar refractivity (Wildman–Crippen MR) is 149 cm³/mol. The maximum absolute atomic E-state index is 13.0. The van der Waals surface area contributed by atoms with Crippen molar-refractivity contribution in [2.24, 2.45) is 29.1 Å². The number of hydrogen-bond acceptors (Lipinski definition) is 7. The lowest BCUT2D eigenvalue weighted by molar-refractivity contribution is -0.158. The molecular formula is C29H43ClN4O5. The molecule has 6 rings (SSSR count). The Labute approximate surface area is 236 Å². The van der Waals surface area contributed by atoms with Crippen LogP contribution in [0.2, 0.25) is 5.02 Å². The Morgan fingerprint density at radius 1 is 1.21 bits per heavy atom. The van der Waals surface area contributed by atoms with Gasteiger partial charge < -0.3 is 30.5 Å². The second kappa shape index (κ2) is 11.8. The number of aromatic nitrogens is 1. The molecule has 5 fully saturated rings. The number of nitrogens with zero attached hydrogens (tertiary/aromatic N) is 2. The maximum Gasteiger partial charge on any atom is 0.307 e. The number of carbonyl (C=O) groups is 2. The number of ether oxygens (including phenoxy) is 2. The minimum atomic E-state index is -0.581. The maximum atomic E-state index is 13.0. The van der Waals surface area contributed by atoms with Gasteiger partial charge in [0.15, 0.2) is 0 Å². The van der Waals surface area contributed by atoms with Crippen LogP contribution >= 0.6 is 11.6 Å². The number of piperidine rings is 1. The highest BCUT2D eigenvalue weighted by Gasteiger charge is 2.55. The number of nitrogens with one attached hydrogen (secondary N) is 1. The molecule has 1 unspecified atom stereocenters. The summed E-state index contributed by atoms with van der Waals surface area (Å²) in [6.45, 7) is 2.44. The third-order valence-electron chi connectivity index (χ3n) is 10.0. The number of pyridine rings is 1. The molecule has 9 nitrogen and oxygen atoms in total. The van der Waals surface area contributed by atoms with E-state index in [-0.39, 0.29) is 51.7 Å². The molecule has 1 aliphatic heterocycles. The average Bonchev–Trinajstić information content (AvgIpc) is 2.89. The SMILES string of the molecule is COc1nc(N)c(Cl)cc1C(=O)N[C@@H]1CCN(CCCCC(C(=O)O)C23CC4CC(CC(C4)C2)C3)C[C@@H]1OC. The van der Waals surface area contributed by atoms with Gasteiger partial charge in [-0.1, -0.05) is 18.0 Å². The number of unbranched alkanes of at least 4 members (excludes halogenated alkanes) is 1. The van der Waals surface area contributed by atoms with Gasteiger partial charge >= 0.3 is 5.97 Å². The molecule has 1 saturated heterocycles. The zero-order chi connectivity index (χ0) is 27.7. The van der Waals surface area contributed by atoms with Crippen LogP contribution in [-0.4, -0.2) is 72.9 Å². The van der Waals surface area contributed by atoms with Crippen LogP contribution in [0.5, 0.6) is 5.88 Å². The molecule has 4 N–H and O–H groups in total. The standard InChI is InChI=1S/C29H43ClN4O5/c1-38-24-16-34(8-6-23(24)32-26(35)20-12-22(30)25(31)33-27(20)39-2)7-4-3-5-21(28(36)37)29-13-17-9-18(14-29)11-19(10-17)15-29/h12,17-19,21,23-24H,3-11,13-16H2,1-2H3,(H2,31,33)(H,32,35)(H,36,37)/t17?,18?,19?,21?,23-,24+,29?/m1/s1. The summed E-state index contributed by atoms with van der Waals surface area (Å²) in [6, 6.07) is 1.32. The number of nitrogen functional groups attached to an aromatic ring is 1. The summed E-state index contributed by atoms with van der Waals surface area (Å²) in [5.74, 6) is 1.43. The summed E-state index contributed by atoms with van der Waals surface area (Å²) < 4.78 is 11.0. The van der Waals surface area contributed by atoms with E-state index in [1.54, 1.807) is 7.11 Å². The highest BCUT2D eigenvalue weighted by atomic mass is 35.5. The van der Waals surface area contributed by atoms with Gasteiger partial charge in [-0.05, 0) is 93.6 Å². The summed E-state index contributed by atoms with van der Waals surface area (Å²) >= 11 is 6.09. The normalized spacial score (nSPS) is 32.6. The number of methoxy groups -OCH3 is 2. The Kier molecular flexibility index (Phi) is 8.59. The van der Waals surface area contributed by atoms with E-state index in [2.05, 4.69) is 15.2 Å². The first-order valence-corrected chi connectivity index (χ1v) is 14.9. The fourth-order valence-electron chi connectivity index (χ4n) is 8.62. The van der Waals surface area contributed by atoms with Crippen LogP contribution in [0.15, 0.2) is 6.07 Å². The fourth-order valence-corrected chi connectivity index (χ4v) is 8.77. The lowest BCUT2D eigenvalue weighted by Crippen LogP contribution is -2.55. The van der Waals surface area contributed by atoms with Crippen molar-refractivity contribution in [2.75, 3.05) is 39.6 Å². The second-order valence-electron chi connectivity index (χ2n) is 12.5. The number of carbonyl (C=O) groups excluding carboxylic acids is 1. The molecule has 4 saturated carbocycles. The smallest absolute Gasteiger partial charge is 0.307 e. The van der Waals surface area contributed by atoms with Crippen LogP contribution in [-0.2, 0) is 9.53 Å². The summed E-state index contributed by atoms with van der Waals surface area (Å²) in [5.41, 5.74) is 6.03. The Morgan fingerprint density at radius 2 is 1.87 bits per heavy atom. The Morgan fingerprint density at radius 3 is 2.46 bits per heavy atom. The average molecular weight is 563 g/mol. The molecule has 1 amide bonds. The first-order chi connectivity index (χ1) is 18.7. The van der Waals surface area contributed by atoms with E-state index in [0.717, 1.165) is 75.8 Å². The van der Waals surface area contributed by atoms with Crippen LogP contribution < -0.4 is 15.8 Å². The van der Waals surface area contributed by atoms with Gasteiger partial charge in [-0.25, -0.2) is 0 Å². The third-order valence-corrected chi connectivity index (χ3v) is 10.3. The number of carboxylic acids is 1. The Hall–Kier alpha value is -2.10. The summed E-state index contributed by atoms with van der Waals surface area (Å²) in [5, 5.41) is 13.5. The molecule has 2 heterocycles. The number of carboxylic acid groups (broad SMARTS) is 1. The topological polar surface area (TPSA) is 127 Å². The zero-order valence-corrected chi connectivity index (χ0v) is 23.9. The number of likely N-dealkylation sites (tertiary alicyclic amines) is 1. The molecule has 4 bridgehead atoms. The highest BCUT2D eigenvalue weighted by Crippen LogP contribution is 2.63. The van der Waals surface area contributed by atoms with E-state index in [1.807, 2.05) is 0 Å². The van der Waals surface area contributed by atoms with Crippen molar-refractivity contribution < 1.29 is 24.2 Å². The molecular weight excluding hydrogens is 520 g/mol. The lowest BCUT2D eigenvalue weighted by atomic mass is 9.46. The van der Waals surface area contributed by atoms with Crippen molar-refractivity contribution in [1.29, 1.82) is 0 Å². The fraction of sp³-hybridized carbons (Fsp3) is 0.759. The Balaban J connectivity index is 1.11. The molecule has 10 heteroatoms. The number of rotatable bonds is 11. The second-order valence-corrected chi connectivity index (χ2v) is 12.9. The largest absolute Gasteiger partial charge is 0.481 e. The minimum absolute atomic E-state index is 0.0468. The van der Waals surface area contributed by atoms with Crippen molar-refractivity contribution in [3.8, 4) is 5.88 Å². The number of nitrogens with two attached hydrogens (primary N) is 1. The van der Waals surface area contributed by atoms with E-state index < -0.39 is 5.97 Å². The van der Waals surface area contributed by atoms with E-state index in [9.17, 15) is 14.7 Å². The number of anilines is 1. The van der Waals surface area contributed by atoms with Crippen molar-refractivity contribution >= 4 is 29.3 Å². The first-order valence-electron chi connectivity index (χ1n) is 14.5. The lowest BCUT2D eigenvalue weighted by Gasteiger charge is -2.58. The van der Waals surface area contributed by atoms with Crippen LogP contribution in [0, 0.1) is 29.1 Å². The van der Waals surface area contributed by atoms with Gasteiger partial charge in [-0.15, -0.1) is 0 Å². The predicted octanol–water partition coefficient (Wildman–Crippen LogP) is 4.23. The highest BCUT2D eigenvalue weighted by molar-refractivity contribution is 6.33. The quantitative estimate of drug-likeness (QED) is 0.342. The summed E-state index contributed by atoms with van der Waals surface area (Å²) in [7, 11) is 3.10. The molecule has 4 aliphatic carbocycles. The number of amides is 1. The van der Waals surface area contributed by atoms with E-state index >= 15 is 0 Å². The van der Waals surface area contributed by atoms with Gasteiger partial charge in [0.25, 0.3) is 5.91 Å². The van der Waals surface area contributed by atoms with Crippen molar-refractivity contribution in [1.82, 2.24) is 15.2 Å². The molecule has 39 heavy (non-hydrogen) atoms. The molecule has 5 aliphatic rings.